The second-order valence-electron chi connectivity index (χ2n) is 8.69. The molecule has 0 bridgehead atoms. The molecular weight excluding hydrogens is 384 g/mol. The van der Waals surface area contributed by atoms with Crippen molar-refractivity contribution in [3.05, 3.63) is 34.4 Å². The van der Waals surface area contributed by atoms with Gasteiger partial charge >= 0.3 is 12.0 Å². The summed E-state index contributed by atoms with van der Waals surface area (Å²) in [6.07, 6.45) is 2.29. The van der Waals surface area contributed by atoms with Crippen molar-refractivity contribution in [2.24, 2.45) is 5.92 Å². The topological polar surface area (TPSA) is 92.8 Å². The summed E-state index contributed by atoms with van der Waals surface area (Å²) in [6.45, 7) is 8.69. The van der Waals surface area contributed by atoms with E-state index in [0.717, 1.165) is 40.9 Å². The zero-order chi connectivity index (χ0) is 22.2. The standard InChI is InChI=1S/C23H30N2O5/c1-13-10-15(3)18(11-14(13)2)20(27)17(5)30-19(26)12-25-21(28)23(24-22(25)29)9-7-6-8-16(23)4/h10-11,16-17H,6-9,12H2,1-5H3,(H,24,29). The van der Waals surface area contributed by atoms with Crippen molar-refractivity contribution in [1.82, 2.24) is 10.2 Å². The number of urea groups is 1. The minimum absolute atomic E-state index is 0.0111. The maximum absolute atomic E-state index is 13.0. The highest BCUT2D eigenvalue weighted by molar-refractivity contribution is 6.09. The van der Waals surface area contributed by atoms with Gasteiger partial charge in [-0.05, 0) is 69.2 Å². The molecule has 1 saturated heterocycles. The van der Waals surface area contributed by atoms with Crippen LogP contribution in [-0.2, 0) is 14.3 Å². The predicted molar refractivity (Wildman–Crippen MR) is 111 cm³/mol. The Labute approximate surface area is 177 Å². The molecule has 162 valence electrons. The number of benzene rings is 1. The normalized spacial score (nSPS) is 24.7. The fourth-order valence-corrected chi connectivity index (χ4v) is 4.50. The highest BCUT2D eigenvalue weighted by Gasteiger charge is 2.55. The second kappa shape index (κ2) is 8.20. The number of carbonyl (C=O) groups is 4. The number of amides is 3. The van der Waals surface area contributed by atoms with Crippen LogP contribution in [0.1, 0.15) is 66.6 Å². The molecule has 0 aromatic heterocycles. The zero-order valence-corrected chi connectivity index (χ0v) is 18.3. The summed E-state index contributed by atoms with van der Waals surface area (Å²) in [4.78, 5) is 51.5. The molecule has 1 aromatic rings. The third-order valence-electron chi connectivity index (χ3n) is 6.57. The molecule has 30 heavy (non-hydrogen) atoms. The van der Waals surface area contributed by atoms with Gasteiger partial charge in [0.1, 0.15) is 12.1 Å². The van der Waals surface area contributed by atoms with Gasteiger partial charge in [0.25, 0.3) is 5.91 Å². The molecular formula is C23H30N2O5. The van der Waals surface area contributed by atoms with Crippen LogP contribution in [0, 0.1) is 26.7 Å². The molecule has 3 atom stereocenters. The van der Waals surface area contributed by atoms with E-state index in [2.05, 4.69) is 5.32 Å². The van der Waals surface area contributed by atoms with Crippen LogP contribution in [-0.4, -0.2) is 46.8 Å². The van der Waals surface area contributed by atoms with Crippen LogP contribution < -0.4 is 5.32 Å². The largest absolute Gasteiger partial charge is 0.453 e. The first kappa shape index (κ1) is 22.0. The lowest BCUT2D eigenvalue weighted by Gasteiger charge is -2.36. The summed E-state index contributed by atoms with van der Waals surface area (Å²) >= 11 is 0. The van der Waals surface area contributed by atoms with Crippen LogP contribution in [0.2, 0.25) is 0 Å². The van der Waals surface area contributed by atoms with E-state index in [9.17, 15) is 19.2 Å². The molecule has 1 aromatic carbocycles. The average molecular weight is 415 g/mol. The van der Waals surface area contributed by atoms with Crippen LogP contribution >= 0.6 is 0 Å². The van der Waals surface area contributed by atoms with E-state index in [1.165, 1.54) is 6.92 Å². The highest BCUT2D eigenvalue weighted by Crippen LogP contribution is 2.38. The average Bonchev–Trinajstić information content (AvgIpc) is 2.91. The predicted octanol–water partition coefficient (Wildman–Crippen LogP) is 3.23. The summed E-state index contributed by atoms with van der Waals surface area (Å²) in [7, 11) is 0. The van der Waals surface area contributed by atoms with Crippen molar-refractivity contribution >= 4 is 23.7 Å². The first-order valence-electron chi connectivity index (χ1n) is 10.5. The lowest BCUT2D eigenvalue weighted by molar-refractivity contribution is -0.150. The number of hydrogen-bond donors (Lipinski definition) is 1. The number of imide groups is 1. The summed E-state index contributed by atoms with van der Waals surface area (Å²) < 4.78 is 5.29. The molecule has 0 radical (unpaired) electrons. The third-order valence-corrected chi connectivity index (χ3v) is 6.57. The van der Waals surface area contributed by atoms with Crippen molar-refractivity contribution in [3.8, 4) is 0 Å². The van der Waals surface area contributed by atoms with Crippen LogP contribution in [0.5, 0.6) is 0 Å². The van der Waals surface area contributed by atoms with E-state index >= 15 is 0 Å². The van der Waals surface area contributed by atoms with Gasteiger partial charge in [-0.25, -0.2) is 4.79 Å². The molecule has 3 rings (SSSR count). The fraction of sp³-hybridized carbons (Fsp3) is 0.565. The monoisotopic (exact) mass is 414 g/mol. The Hall–Kier alpha value is -2.70. The van der Waals surface area contributed by atoms with Gasteiger partial charge < -0.3 is 10.1 Å². The molecule has 1 aliphatic carbocycles. The fourth-order valence-electron chi connectivity index (χ4n) is 4.50. The van der Waals surface area contributed by atoms with E-state index in [0.29, 0.717) is 12.0 Å². The van der Waals surface area contributed by atoms with E-state index in [1.54, 1.807) is 6.07 Å². The Morgan fingerprint density at radius 1 is 1.17 bits per heavy atom. The van der Waals surface area contributed by atoms with Crippen LogP contribution in [0.4, 0.5) is 4.79 Å². The van der Waals surface area contributed by atoms with Crippen molar-refractivity contribution in [3.63, 3.8) is 0 Å². The first-order chi connectivity index (χ1) is 14.1. The Morgan fingerprint density at radius 2 is 1.83 bits per heavy atom. The number of aryl methyl sites for hydroxylation is 3. The Kier molecular flexibility index (Phi) is 6.01. The van der Waals surface area contributed by atoms with E-state index in [1.807, 2.05) is 33.8 Å². The molecule has 1 aliphatic heterocycles. The smallest absolute Gasteiger partial charge is 0.326 e. The minimum Gasteiger partial charge on any atom is -0.453 e. The summed E-state index contributed by atoms with van der Waals surface area (Å²) in [5.74, 6) is -1.45. The number of Topliss-reactive ketones (excluding diaryl/α,β-unsaturated/α-hetero) is 1. The van der Waals surface area contributed by atoms with Gasteiger partial charge in [-0.3, -0.25) is 19.3 Å². The van der Waals surface area contributed by atoms with E-state index in [-0.39, 0.29) is 17.6 Å². The summed E-state index contributed by atoms with van der Waals surface area (Å²) in [5.41, 5.74) is 2.46. The quantitative estimate of drug-likeness (QED) is 0.454. The van der Waals surface area contributed by atoms with Crippen molar-refractivity contribution < 1.29 is 23.9 Å². The number of hydrogen-bond acceptors (Lipinski definition) is 5. The third kappa shape index (κ3) is 3.85. The lowest BCUT2D eigenvalue weighted by atomic mass is 9.73. The molecule has 1 heterocycles. The second-order valence-corrected chi connectivity index (χ2v) is 8.69. The SMILES string of the molecule is Cc1cc(C)c(C(=O)C(C)OC(=O)CN2C(=O)NC3(CCCCC3C)C2=O)cc1C. The van der Waals surface area contributed by atoms with Gasteiger partial charge in [-0.1, -0.05) is 25.8 Å². The molecule has 2 fully saturated rings. The van der Waals surface area contributed by atoms with Gasteiger partial charge in [0.2, 0.25) is 5.78 Å². The molecule has 3 amide bonds. The van der Waals surface area contributed by atoms with Crippen molar-refractivity contribution in [2.75, 3.05) is 6.54 Å². The minimum atomic E-state index is -1.01. The maximum Gasteiger partial charge on any atom is 0.326 e. The Morgan fingerprint density at radius 3 is 2.50 bits per heavy atom. The van der Waals surface area contributed by atoms with Crippen LogP contribution in [0.25, 0.3) is 0 Å². The number of ketones is 1. The van der Waals surface area contributed by atoms with Gasteiger partial charge in [0.15, 0.2) is 6.10 Å². The number of ether oxygens (including phenoxy) is 1. The molecule has 1 saturated carbocycles. The number of esters is 1. The van der Waals surface area contributed by atoms with Crippen molar-refractivity contribution in [2.45, 2.75) is 71.9 Å². The number of nitrogens with one attached hydrogen (secondary N) is 1. The van der Waals surface area contributed by atoms with Crippen LogP contribution in [0.15, 0.2) is 12.1 Å². The maximum atomic E-state index is 13.0. The lowest BCUT2D eigenvalue weighted by Crippen LogP contribution is -2.54. The number of rotatable bonds is 5. The Balaban J connectivity index is 1.67. The zero-order valence-electron chi connectivity index (χ0n) is 18.3. The first-order valence-corrected chi connectivity index (χ1v) is 10.5. The van der Waals surface area contributed by atoms with Gasteiger partial charge in [-0.15, -0.1) is 0 Å². The Bertz CT molecular complexity index is 909. The van der Waals surface area contributed by atoms with Gasteiger partial charge in [0.05, 0.1) is 0 Å². The molecule has 3 unspecified atom stereocenters. The van der Waals surface area contributed by atoms with Crippen LogP contribution in [0.3, 0.4) is 0 Å². The van der Waals surface area contributed by atoms with Gasteiger partial charge in [0, 0.05) is 5.56 Å². The van der Waals surface area contributed by atoms with Gasteiger partial charge in [-0.2, -0.15) is 0 Å². The number of carbonyl (C=O) groups excluding carboxylic acids is 4. The van der Waals surface area contributed by atoms with E-state index < -0.39 is 30.2 Å². The molecule has 7 heteroatoms. The molecule has 1 spiro atoms. The molecule has 1 N–H and O–H groups in total. The van der Waals surface area contributed by atoms with Crippen molar-refractivity contribution in [1.29, 1.82) is 0 Å². The number of nitrogens with zero attached hydrogens (tertiary/aromatic N) is 1. The summed E-state index contributed by atoms with van der Waals surface area (Å²) in [5, 5.41) is 2.81. The molecule has 2 aliphatic rings. The molecule has 7 nitrogen and oxygen atoms in total. The van der Waals surface area contributed by atoms with E-state index in [4.69, 9.17) is 4.74 Å². The summed E-state index contributed by atoms with van der Waals surface area (Å²) in [6, 6.07) is 3.15. The highest BCUT2D eigenvalue weighted by atomic mass is 16.5.